The molecule has 10 nitrogen and oxygen atoms in total. The van der Waals surface area contributed by atoms with E-state index in [1.54, 1.807) is 39.0 Å². The van der Waals surface area contributed by atoms with Crippen LogP contribution < -0.4 is 20.1 Å². The van der Waals surface area contributed by atoms with Crippen LogP contribution in [0.5, 0.6) is 11.6 Å². The Morgan fingerprint density at radius 1 is 1.11 bits per heavy atom. The van der Waals surface area contributed by atoms with E-state index < -0.39 is 29.9 Å². The highest BCUT2D eigenvalue weighted by molar-refractivity contribution is 5.92. The van der Waals surface area contributed by atoms with E-state index in [-0.39, 0.29) is 30.3 Å². The molecule has 1 saturated heterocycles. The van der Waals surface area contributed by atoms with Crippen molar-refractivity contribution in [2.24, 2.45) is 17.8 Å². The Morgan fingerprint density at radius 2 is 1.91 bits per heavy atom. The molecule has 238 valence electrons. The summed E-state index contributed by atoms with van der Waals surface area (Å²) in [5, 5.41) is 7.76. The Kier molecular flexibility index (Phi) is 9.37. The molecule has 7 atom stereocenters. The highest BCUT2D eigenvalue weighted by Gasteiger charge is 2.47. The lowest BCUT2D eigenvalue weighted by Gasteiger charge is -2.33. The van der Waals surface area contributed by atoms with Gasteiger partial charge in [-0.25, -0.2) is 9.78 Å². The molecule has 1 aliphatic carbocycles. The standard InChI is InChI=1S/C34H46N4O6/c1-20-9-7-8-10-23-17-27(23)36-30(39)28-18-25(43-31-26-12-11-24(42-6)16-22(26)13-14-35-31)19-38(28)32(40)29(21(2)15-20)37-33(41)44-34(3,4)5/h8,10-14,16,20-21,23,25,27-29H,7,9,15,17-19H2,1-6H3,(H,36,39)(H,37,41)/b10-8-/t20-,21-,23-,25-,27-,28+,29+/m1/s1. The van der Waals surface area contributed by atoms with E-state index in [1.807, 2.05) is 31.2 Å². The fourth-order valence-corrected chi connectivity index (χ4v) is 6.36. The molecule has 44 heavy (non-hydrogen) atoms. The number of aromatic nitrogens is 1. The van der Waals surface area contributed by atoms with Crippen molar-refractivity contribution < 1.29 is 28.6 Å². The fourth-order valence-electron chi connectivity index (χ4n) is 6.36. The van der Waals surface area contributed by atoms with Gasteiger partial charge in [0.1, 0.15) is 29.5 Å². The zero-order valence-electron chi connectivity index (χ0n) is 26.7. The molecule has 2 aromatic rings. The normalized spacial score (nSPS) is 30.2. The smallest absolute Gasteiger partial charge is 0.408 e. The van der Waals surface area contributed by atoms with Gasteiger partial charge in [-0.1, -0.05) is 26.0 Å². The molecule has 2 fully saturated rings. The number of alkyl carbamates (subject to hydrolysis) is 1. The first-order chi connectivity index (χ1) is 20.9. The van der Waals surface area contributed by atoms with Crippen molar-refractivity contribution in [1.29, 1.82) is 0 Å². The molecule has 2 aliphatic heterocycles. The Labute approximate surface area is 259 Å². The number of pyridine rings is 1. The van der Waals surface area contributed by atoms with Crippen molar-refractivity contribution in [1.82, 2.24) is 20.5 Å². The van der Waals surface area contributed by atoms with E-state index >= 15 is 0 Å². The lowest BCUT2D eigenvalue weighted by molar-refractivity contribution is -0.141. The molecular weight excluding hydrogens is 560 g/mol. The van der Waals surface area contributed by atoms with Crippen LogP contribution in [0.3, 0.4) is 0 Å². The summed E-state index contributed by atoms with van der Waals surface area (Å²) >= 11 is 0. The number of carbonyl (C=O) groups excluding carboxylic acids is 3. The van der Waals surface area contributed by atoms with Gasteiger partial charge in [0, 0.05) is 24.0 Å². The van der Waals surface area contributed by atoms with Gasteiger partial charge in [-0.2, -0.15) is 0 Å². The minimum absolute atomic E-state index is 0.0579. The molecule has 0 bridgehead atoms. The third kappa shape index (κ3) is 7.63. The molecule has 5 rings (SSSR count). The first-order valence-corrected chi connectivity index (χ1v) is 15.8. The molecule has 0 radical (unpaired) electrons. The fraction of sp³-hybridized carbons (Fsp3) is 0.588. The molecule has 1 aromatic heterocycles. The SMILES string of the molecule is COc1ccc2c(O[C@@H]3C[C@H]4C(=O)N[C@@H]5C[C@H]5/C=C\CC[C@@H](C)C[C@@H](C)[C@H](NC(=O)OC(C)(C)C)C(=O)N4C3)nccc2c1. The van der Waals surface area contributed by atoms with Crippen molar-refractivity contribution >= 4 is 28.7 Å². The van der Waals surface area contributed by atoms with Crippen LogP contribution in [0.4, 0.5) is 4.79 Å². The Bertz CT molecular complexity index is 1400. The molecular formula is C34H46N4O6. The average molecular weight is 607 g/mol. The van der Waals surface area contributed by atoms with Gasteiger partial charge >= 0.3 is 6.09 Å². The summed E-state index contributed by atoms with van der Waals surface area (Å²) in [5.74, 6) is 1.12. The van der Waals surface area contributed by atoms with Crippen LogP contribution in [0, 0.1) is 17.8 Å². The van der Waals surface area contributed by atoms with Gasteiger partial charge in [-0.15, -0.1) is 0 Å². The maximum Gasteiger partial charge on any atom is 0.408 e. The molecule has 1 aromatic carbocycles. The van der Waals surface area contributed by atoms with Gasteiger partial charge in [-0.3, -0.25) is 9.59 Å². The minimum Gasteiger partial charge on any atom is -0.497 e. The molecule has 10 heteroatoms. The molecule has 2 N–H and O–H groups in total. The first kappa shape index (κ1) is 31.6. The molecule has 0 unspecified atom stereocenters. The number of fused-ring (bicyclic) bond motifs is 3. The Morgan fingerprint density at radius 3 is 2.66 bits per heavy atom. The van der Waals surface area contributed by atoms with Crippen LogP contribution >= 0.6 is 0 Å². The van der Waals surface area contributed by atoms with Crippen molar-refractivity contribution in [3.05, 3.63) is 42.6 Å². The van der Waals surface area contributed by atoms with E-state index in [4.69, 9.17) is 14.2 Å². The van der Waals surface area contributed by atoms with Crippen LogP contribution in [0.25, 0.3) is 10.8 Å². The van der Waals surface area contributed by atoms with E-state index in [1.165, 1.54) is 0 Å². The quantitative estimate of drug-likeness (QED) is 0.470. The summed E-state index contributed by atoms with van der Waals surface area (Å²) in [7, 11) is 1.62. The van der Waals surface area contributed by atoms with Crippen LogP contribution in [-0.4, -0.2) is 71.3 Å². The van der Waals surface area contributed by atoms with Gasteiger partial charge in [0.15, 0.2) is 0 Å². The maximum atomic E-state index is 14.4. The lowest BCUT2D eigenvalue weighted by Crippen LogP contribution is -2.56. The second-order valence-corrected chi connectivity index (χ2v) is 13.6. The van der Waals surface area contributed by atoms with Crippen LogP contribution in [0.15, 0.2) is 42.6 Å². The number of allylic oxidation sites excluding steroid dienone is 1. The summed E-state index contributed by atoms with van der Waals surface area (Å²) in [6.07, 6.45) is 8.81. The monoisotopic (exact) mass is 606 g/mol. The van der Waals surface area contributed by atoms with E-state index in [0.717, 1.165) is 42.2 Å². The number of rotatable bonds is 4. The summed E-state index contributed by atoms with van der Waals surface area (Å²) in [4.78, 5) is 47.1. The second-order valence-electron chi connectivity index (χ2n) is 13.6. The van der Waals surface area contributed by atoms with Gasteiger partial charge in [0.25, 0.3) is 0 Å². The van der Waals surface area contributed by atoms with Gasteiger partial charge in [0.05, 0.1) is 13.7 Å². The highest BCUT2D eigenvalue weighted by atomic mass is 16.6. The summed E-state index contributed by atoms with van der Waals surface area (Å²) < 4.78 is 17.3. The third-order valence-electron chi connectivity index (χ3n) is 8.72. The summed E-state index contributed by atoms with van der Waals surface area (Å²) in [6.45, 7) is 9.71. The largest absolute Gasteiger partial charge is 0.497 e. The molecule has 1 saturated carbocycles. The number of benzene rings is 1. The Hall–Kier alpha value is -3.82. The van der Waals surface area contributed by atoms with E-state index in [0.29, 0.717) is 24.1 Å². The summed E-state index contributed by atoms with van der Waals surface area (Å²) in [6, 6.07) is 5.99. The van der Waals surface area contributed by atoms with Gasteiger partial charge in [-0.05, 0) is 93.9 Å². The maximum absolute atomic E-state index is 14.4. The van der Waals surface area contributed by atoms with Gasteiger partial charge in [0.2, 0.25) is 17.7 Å². The van der Waals surface area contributed by atoms with Gasteiger partial charge < -0.3 is 29.7 Å². The van der Waals surface area contributed by atoms with Crippen molar-refractivity contribution in [3.63, 3.8) is 0 Å². The van der Waals surface area contributed by atoms with Crippen LogP contribution in [-0.2, 0) is 14.3 Å². The van der Waals surface area contributed by atoms with E-state index in [2.05, 4.69) is 34.7 Å². The number of hydrogen-bond donors (Lipinski definition) is 2. The predicted octanol–water partition coefficient (Wildman–Crippen LogP) is 5.00. The molecule has 3 heterocycles. The molecule has 3 amide bonds. The first-order valence-electron chi connectivity index (χ1n) is 15.8. The molecule has 0 spiro atoms. The average Bonchev–Trinajstić information content (AvgIpc) is 3.55. The van der Waals surface area contributed by atoms with Crippen molar-refractivity contribution in [2.75, 3.05) is 13.7 Å². The van der Waals surface area contributed by atoms with Crippen molar-refractivity contribution in [2.45, 2.75) is 96.6 Å². The number of methoxy groups -OCH3 is 1. The van der Waals surface area contributed by atoms with E-state index in [9.17, 15) is 14.4 Å². The topological polar surface area (TPSA) is 119 Å². The zero-order valence-corrected chi connectivity index (χ0v) is 26.7. The van der Waals surface area contributed by atoms with Crippen LogP contribution in [0.2, 0.25) is 0 Å². The highest BCUT2D eigenvalue weighted by Crippen LogP contribution is 2.35. The predicted molar refractivity (Wildman–Crippen MR) is 167 cm³/mol. The lowest BCUT2D eigenvalue weighted by atomic mass is 9.88. The molecule has 3 aliphatic rings. The number of nitrogens with one attached hydrogen (secondary N) is 2. The van der Waals surface area contributed by atoms with Crippen molar-refractivity contribution in [3.8, 4) is 11.6 Å². The number of ether oxygens (including phenoxy) is 3. The number of carbonyl (C=O) groups is 3. The second kappa shape index (κ2) is 13.0. The summed E-state index contributed by atoms with van der Waals surface area (Å²) in [5.41, 5.74) is -0.721. The number of nitrogens with zero attached hydrogens (tertiary/aromatic N) is 2. The Balaban J connectivity index is 1.43. The minimum atomic E-state index is -0.862. The number of hydrogen-bond acceptors (Lipinski definition) is 7. The third-order valence-corrected chi connectivity index (χ3v) is 8.72. The number of amides is 3. The zero-order chi connectivity index (χ0) is 31.6. The van der Waals surface area contributed by atoms with Crippen LogP contribution in [0.1, 0.15) is 66.7 Å².